The molecule has 0 aliphatic heterocycles. The Morgan fingerprint density at radius 1 is 0.947 bits per heavy atom. The third-order valence-corrected chi connectivity index (χ3v) is 4.15. The van der Waals surface area contributed by atoms with Crippen molar-refractivity contribution in [2.24, 2.45) is 0 Å². The zero-order valence-corrected chi connectivity index (χ0v) is 12.9. The molecule has 0 bridgehead atoms. The van der Waals surface area contributed by atoms with Crippen molar-refractivity contribution >= 4 is 46.4 Å². The highest BCUT2D eigenvalue weighted by atomic mass is 35.5. The molecule has 2 aromatic rings. The Hall–Kier alpha value is -0.470. The number of aryl methyl sites for hydroxylation is 1. The minimum Gasteiger partial charge on any atom is -0.207 e. The van der Waals surface area contributed by atoms with Gasteiger partial charge in [0.15, 0.2) is 0 Å². The minimum absolute atomic E-state index is 0.272. The van der Waals surface area contributed by atoms with Crippen molar-refractivity contribution in [1.29, 1.82) is 0 Å². The zero-order valence-electron chi connectivity index (χ0n) is 9.85. The number of hydrogen-bond donors (Lipinski definition) is 0. The first-order valence-electron chi connectivity index (χ1n) is 5.44. The van der Waals surface area contributed by atoms with Crippen LogP contribution in [0.4, 0.5) is 4.39 Å². The van der Waals surface area contributed by atoms with Crippen LogP contribution in [0.2, 0.25) is 15.1 Å². The van der Waals surface area contributed by atoms with Gasteiger partial charge in [0, 0.05) is 15.1 Å². The molecule has 0 nitrogen and oxygen atoms in total. The Labute approximate surface area is 131 Å². The molecule has 0 aliphatic rings. The lowest BCUT2D eigenvalue weighted by Gasteiger charge is -2.15. The third-order valence-electron chi connectivity index (χ3n) is 2.79. The van der Waals surface area contributed by atoms with E-state index in [0.717, 1.165) is 0 Å². The van der Waals surface area contributed by atoms with Crippen LogP contribution in [0.3, 0.4) is 0 Å². The van der Waals surface area contributed by atoms with E-state index in [9.17, 15) is 4.39 Å². The summed E-state index contributed by atoms with van der Waals surface area (Å²) in [6, 6.07) is 7.92. The molecule has 0 amide bonds. The van der Waals surface area contributed by atoms with Crippen molar-refractivity contribution in [3.63, 3.8) is 0 Å². The van der Waals surface area contributed by atoms with Gasteiger partial charge in [0.05, 0.1) is 5.38 Å². The van der Waals surface area contributed by atoms with E-state index in [1.54, 1.807) is 31.2 Å². The number of halogens is 5. The van der Waals surface area contributed by atoms with Crippen molar-refractivity contribution < 1.29 is 4.39 Å². The Bertz CT molecular complexity index is 625. The molecule has 0 heterocycles. The van der Waals surface area contributed by atoms with Gasteiger partial charge in [0.1, 0.15) is 5.82 Å². The van der Waals surface area contributed by atoms with Crippen LogP contribution < -0.4 is 0 Å². The molecule has 2 rings (SSSR count). The SMILES string of the molecule is Cc1cc(C(Cl)c2ccc(Cl)cc2Cl)c(Cl)cc1F. The fourth-order valence-electron chi connectivity index (χ4n) is 1.75. The molecule has 5 heteroatoms. The summed E-state index contributed by atoms with van der Waals surface area (Å²) in [4.78, 5) is 0. The highest BCUT2D eigenvalue weighted by Gasteiger charge is 2.18. The third kappa shape index (κ3) is 3.17. The fourth-order valence-corrected chi connectivity index (χ4v) is 3.01. The van der Waals surface area contributed by atoms with Gasteiger partial charge in [0.25, 0.3) is 0 Å². The summed E-state index contributed by atoms with van der Waals surface area (Å²) in [6.45, 7) is 1.65. The summed E-state index contributed by atoms with van der Waals surface area (Å²) in [5.41, 5.74) is 1.78. The van der Waals surface area contributed by atoms with Crippen LogP contribution in [0.1, 0.15) is 22.1 Å². The van der Waals surface area contributed by atoms with Gasteiger partial charge in [-0.2, -0.15) is 0 Å². The first kappa shape index (κ1) is 14.9. The van der Waals surface area contributed by atoms with E-state index in [1.165, 1.54) is 6.07 Å². The molecule has 19 heavy (non-hydrogen) atoms. The maximum Gasteiger partial charge on any atom is 0.127 e. The highest BCUT2D eigenvalue weighted by molar-refractivity contribution is 6.36. The van der Waals surface area contributed by atoms with Crippen LogP contribution >= 0.6 is 46.4 Å². The quantitative estimate of drug-likeness (QED) is 0.554. The van der Waals surface area contributed by atoms with Crippen molar-refractivity contribution in [2.75, 3.05) is 0 Å². The standard InChI is InChI=1S/C14H9Cl4F/c1-7-4-10(12(17)6-13(7)19)14(18)9-3-2-8(15)5-11(9)16/h2-6,14H,1H3. The van der Waals surface area contributed by atoms with Crippen LogP contribution in [0.15, 0.2) is 30.3 Å². The van der Waals surface area contributed by atoms with Crippen molar-refractivity contribution in [1.82, 2.24) is 0 Å². The summed E-state index contributed by atoms with van der Waals surface area (Å²) < 4.78 is 13.4. The number of rotatable bonds is 2. The van der Waals surface area contributed by atoms with Gasteiger partial charge in [-0.05, 0) is 47.9 Å². The van der Waals surface area contributed by atoms with Gasteiger partial charge in [0.2, 0.25) is 0 Å². The van der Waals surface area contributed by atoms with Crippen molar-refractivity contribution in [3.8, 4) is 0 Å². The van der Waals surface area contributed by atoms with E-state index in [2.05, 4.69) is 0 Å². The van der Waals surface area contributed by atoms with Crippen LogP contribution in [-0.2, 0) is 0 Å². The summed E-state index contributed by atoms with van der Waals surface area (Å²) >= 11 is 24.4. The average molecular weight is 338 g/mol. The Balaban J connectivity index is 2.49. The number of alkyl halides is 1. The van der Waals surface area contributed by atoms with Gasteiger partial charge >= 0.3 is 0 Å². The Morgan fingerprint density at radius 3 is 2.21 bits per heavy atom. The predicted molar refractivity (Wildman–Crippen MR) is 80.3 cm³/mol. The van der Waals surface area contributed by atoms with Gasteiger partial charge < -0.3 is 0 Å². The largest absolute Gasteiger partial charge is 0.207 e. The van der Waals surface area contributed by atoms with Gasteiger partial charge in [-0.3, -0.25) is 0 Å². The molecule has 1 unspecified atom stereocenters. The smallest absolute Gasteiger partial charge is 0.127 e. The lowest BCUT2D eigenvalue weighted by atomic mass is 10.0. The van der Waals surface area contributed by atoms with Crippen molar-refractivity contribution in [3.05, 3.63) is 67.9 Å². The molecule has 2 aromatic carbocycles. The summed E-state index contributed by atoms with van der Waals surface area (Å²) in [7, 11) is 0. The lowest BCUT2D eigenvalue weighted by Crippen LogP contribution is -1.98. The zero-order chi connectivity index (χ0) is 14.2. The Morgan fingerprint density at radius 2 is 1.58 bits per heavy atom. The predicted octanol–water partition coefficient (Wildman–Crippen LogP) is 6.42. The van der Waals surface area contributed by atoms with E-state index in [1.807, 2.05) is 0 Å². The summed E-state index contributed by atoms with van der Waals surface area (Å²) in [5.74, 6) is -0.361. The van der Waals surface area contributed by atoms with Crippen LogP contribution in [0.5, 0.6) is 0 Å². The minimum atomic E-state index is -0.559. The maximum absolute atomic E-state index is 13.4. The molecule has 100 valence electrons. The lowest BCUT2D eigenvalue weighted by molar-refractivity contribution is 0.618. The first-order chi connectivity index (χ1) is 8.90. The van der Waals surface area contributed by atoms with Gasteiger partial charge in [-0.1, -0.05) is 40.9 Å². The molecule has 0 radical (unpaired) electrons. The topological polar surface area (TPSA) is 0 Å². The highest BCUT2D eigenvalue weighted by Crippen LogP contribution is 2.38. The molecular formula is C14H9Cl4F. The molecule has 0 fully saturated rings. The molecule has 0 aromatic heterocycles. The van der Waals surface area contributed by atoms with Crippen LogP contribution in [-0.4, -0.2) is 0 Å². The normalized spacial score (nSPS) is 12.5. The molecule has 0 saturated heterocycles. The summed E-state index contributed by atoms with van der Waals surface area (Å²) in [5, 5.41) is 0.690. The van der Waals surface area contributed by atoms with E-state index in [4.69, 9.17) is 46.4 Å². The van der Waals surface area contributed by atoms with Crippen LogP contribution in [0.25, 0.3) is 0 Å². The molecule has 0 spiro atoms. The number of hydrogen-bond acceptors (Lipinski definition) is 0. The van der Waals surface area contributed by atoms with E-state index < -0.39 is 5.38 Å². The summed E-state index contributed by atoms with van der Waals surface area (Å²) in [6.07, 6.45) is 0. The van der Waals surface area contributed by atoms with Crippen LogP contribution in [0, 0.1) is 12.7 Å². The average Bonchev–Trinajstić information content (AvgIpc) is 2.33. The van der Waals surface area contributed by atoms with E-state index in [0.29, 0.717) is 26.7 Å². The van der Waals surface area contributed by atoms with Gasteiger partial charge in [-0.25, -0.2) is 4.39 Å². The molecule has 0 saturated carbocycles. The fraction of sp³-hybridized carbons (Fsp3) is 0.143. The van der Waals surface area contributed by atoms with Gasteiger partial charge in [-0.15, -0.1) is 11.6 Å². The Kier molecular flexibility index (Phi) is 4.62. The monoisotopic (exact) mass is 336 g/mol. The second kappa shape index (κ2) is 5.88. The second-order valence-electron chi connectivity index (χ2n) is 4.15. The first-order valence-corrected chi connectivity index (χ1v) is 7.01. The second-order valence-corrected chi connectivity index (χ2v) is 5.84. The molecule has 0 N–H and O–H groups in total. The molecule has 0 aliphatic carbocycles. The van der Waals surface area contributed by atoms with Crippen molar-refractivity contribution in [2.45, 2.75) is 12.3 Å². The molecule has 1 atom stereocenters. The number of benzene rings is 2. The maximum atomic E-state index is 13.4. The van der Waals surface area contributed by atoms with E-state index >= 15 is 0 Å². The van der Waals surface area contributed by atoms with E-state index in [-0.39, 0.29) is 10.8 Å². The molecular weight excluding hydrogens is 329 g/mol.